The number of hydrogen-bond acceptors (Lipinski definition) is 4. The molecule has 0 saturated heterocycles. The van der Waals surface area contributed by atoms with Gasteiger partial charge in [0.05, 0.1) is 40.0 Å². The molecule has 0 N–H and O–H groups in total. The molecule has 3 heterocycles. The molecule has 2 aromatic heterocycles. The maximum Gasteiger partial charge on any atom is 0.137 e. The standard InChI is InChI=1S/C68H52N4O/c1-66(2,3)45-38-39-69-63(40-45)72-59-33-16-11-24-49(59)50-37-36-48(42-62(50)72)73-47-23-19-22-46(41-47)70-43-71(61-35-18-17-34-60(61)70)68-57-31-14-12-29-55(57)67(44-20-5-4-6-21-44,56-30-13-15-32-58(56)68)64-51-25-7-9-27-53(51)65(68)54-28-10-8-26-52(54)64/h4-42,64-65H,43H2,1-3H3/i11D,16D,24D,33D. The molecule has 11 aromatic rings. The number of anilines is 3. The Morgan fingerprint density at radius 1 is 0.534 bits per heavy atom. The number of benzene rings is 9. The second-order valence-electron chi connectivity index (χ2n) is 21.1. The zero-order valence-corrected chi connectivity index (χ0v) is 40.8. The van der Waals surface area contributed by atoms with Crippen LogP contribution in [0.2, 0.25) is 0 Å². The van der Waals surface area contributed by atoms with E-state index in [1.165, 1.54) is 50.1 Å². The maximum atomic E-state index is 9.17. The molecule has 350 valence electrons. The van der Waals surface area contributed by atoms with Crippen molar-refractivity contribution in [2.24, 2.45) is 0 Å². The van der Waals surface area contributed by atoms with Crippen LogP contribution in [0.3, 0.4) is 0 Å². The molecule has 73 heavy (non-hydrogen) atoms. The summed E-state index contributed by atoms with van der Waals surface area (Å²) in [5.74, 6) is 1.69. The number of rotatable bonds is 6. The summed E-state index contributed by atoms with van der Waals surface area (Å²) in [7, 11) is 0. The minimum Gasteiger partial charge on any atom is -0.457 e. The van der Waals surface area contributed by atoms with E-state index in [1.54, 1.807) is 6.20 Å². The lowest BCUT2D eigenvalue weighted by Crippen LogP contribution is -2.61. The van der Waals surface area contributed by atoms with Crippen molar-refractivity contribution in [2.45, 2.75) is 49.0 Å². The SMILES string of the molecule is [2H]c1c([2H])c([2H])c2c(c1[2H])c1ccc(Oc3cccc(N4CN(C56c7ccccc7C(c7ccccc7)(c7ccccc75)C5c7ccccc7C6c6ccccc65)c5ccccc54)c3)cc1n2-c1cc(C(C)(C)C)ccn1. The normalized spacial score (nSPS) is 20.8. The molecule has 7 aliphatic rings. The molecule has 0 unspecified atom stereocenters. The van der Waals surface area contributed by atoms with Crippen molar-refractivity contribution in [3.05, 3.63) is 292 Å². The molecule has 6 aliphatic carbocycles. The van der Waals surface area contributed by atoms with E-state index in [0.29, 0.717) is 45.8 Å². The second kappa shape index (κ2) is 15.4. The Morgan fingerprint density at radius 3 is 1.84 bits per heavy atom. The molecule has 0 saturated carbocycles. The van der Waals surface area contributed by atoms with E-state index in [1.807, 2.05) is 41.0 Å². The predicted octanol–water partition coefficient (Wildman–Crippen LogP) is 16.1. The van der Waals surface area contributed by atoms with E-state index in [2.05, 4.69) is 200 Å². The zero-order valence-electron chi connectivity index (χ0n) is 44.8. The van der Waals surface area contributed by atoms with Gasteiger partial charge in [-0.05, 0) is 116 Å². The van der Waals surface area contributed by atoms with Crippen LogP contribution in [0.25, 0.3) is 27.6 Å². The zero-order chi connectivity index (χ0) is 52.1. The summed E-state index contributed by atoms with van der Waals surface area (Å²) in [6, 6.07) is 74.7. The van der Waals surface area contributed by atoms with Crippen molar-refractivity contribution in [3.63, 3.8) is 0 Å². The van der Waals surface area contributed by atoms with Crippen LogP contribution in [-0.2, 0) is 16.4 Å². The average Bonchev–Trinajstić information content (AvgIpc) is 3.57. The first-order chi connectivity index (χ1) is 37.5. The van der Waals surface area contributed by atoms with E-state index in [4.69, 9.17) is 15.2 Å². The molecule has 0 spiro atoms. The quantitative estimate of drug-likeness (QED) is 0.166. The Balaban J connectivity index is 0.905. The minimum absolute atomic E-state index is 0.0112. The minimum atomic E-state index is -0.726. The van der Waals surface area contributed by atoms with Gasteiger partial charge in [0, 0.05) is 46.6 Å². The molecule has 0 atom stereocenters. The summed E-state index contributed by atoms with van der Waals surface area (Å²) in [5.41, 5.74) is 15.9. The van der Waals surface area contributed by atoms with Crippen LogP contribution in [0.4, 0.5) is 17.1 Å². The van der Waals surface area contributed by atoms with Gasteiger partial charge in [-0.1, -0.05) is 184 Å². The van der Waals surface area contributed by atoms with Crippen molar-refractivity contribution in [3.8, 4) is 17.3 Å². The van der Waals surface area contributed by atoms with Crippen molar-refractivity contribution < 1.29 is 10.2 Å². The molecule has 5 nitrogen and oxygen atoms in total. The largest absolute Gasteiger partial charge is 0.457 e. The van der Waals surface area contributed by atoms with Crippen LogP contribution >= 0.6 is 0 Å². The first kappa shape index (κ1) is 38.1. The Kier molecular flexibility index (Phi) is 8.04. The number of pyridine rings is 1. The van der Waals surface area contributed by atoms with Crippen molar-refractivity contribution in [1.29, 1.82) is 0 Å². The van der Waals surface area contributed by atoms with E-state index in [-0.39, 0.29) is 41.4 Å². The van der Waals surface area contributed by atoms with Gasteiger partial charge < -0.3 is 14.5 Å². The first-order valence-corrected chi connectivity index (χ1v) is 25.4. The topological polar surface area (TPSA) is 33.5 Å². The van der Waals surface area contributed by atoms with E-state index in [9.17, 15) is 0 Å². The summed E-state index contributed by atoms with van der Waals surface area (Å²) in [6.07, 6.45) is 1.77. The van der Waals surface area contributed by atoms with Gasteiger partial charge in [-0.2, -0.15) is 0 Å². The monoisotopic (exact) mass is 944 g/mol. The van der Waals surface area contributed by atoms with Crippen molar-refractivity contribution in [1.82, 2.24) is 9.55 Å². The Morgan fingerprint density at radius 2 is 1.14 bits per heavy atom. The highest BCUT2D eigenvalue weighted by Gasteiger charge is 2.66. The van der Waals surface area contributed by atoms with Gasteiger partial charge >= 0.3 is 0 Å². The van der Waals surface area contributed by atoms with E-state index in [0.717, 1.165) is 22.6 Å². The van der Waals surface area contributed by atoms with Gasteiger partial charge in [-0.25, -0.2) is 4.98 Å². The van der Waals surface area contributed by atoms with Crippen LogP contribution in [0.15, 0.2) is 237 Å². The lowest BCUT2D eigenvalue weighted by molar-refractivity contribution is 0.345. The lowest BCUT2D eigenvalue weighted by Gasteiger charge is -2.63. The predicted molar refractivity (Wildman–Crippen MR) is 296 cm³/mol. The van der Waals surface area contributed by atoms with Crippen LogP contribution < -0.4 is 14.5 Å². The molecule has 0 fully saturated rings. The molecule has 0 radical (unpaired) electrons. The molecule has 1 aliphatic heterocycles. The summed E-state index contributed by atoms with van der Waals surface area (Å²) < 4.78 is 44.4. The fourth-order valence-electron chi connectivity index (χ4n) is 13.8. The van der Waals surface area contributed by atoms with Crippen LogP contribution in [0.5, 0.6) is 11.5 Å². The average molecular weight is 945 g/mol. The molecule has 0 amide bonds. The highest BCUT2D eigenvalue weighted by molar-refractivity contribution is 6.09. The van der Waals surface area contributed by atoms with Gasteiger partial charge in [0.15, 0.2) is 0 Å². The number of para-hydroxylation sites is 3. The second-order valence-corrected chi connectivity index (χ2v) is 21.1. The lowest BCUT2D eigenvalue weighted by atomic mass is 9.43. The Bertz CT molecular complexity index is 4180. The summed E-state index contributed by atoms with van der Waals surface area (Å²) >= 11 is 0. The smallest absolute Gasteiger partial charge is 0.137 e. The third-order valence-electron chi connectivity index (χ3n) is 16.6. The Hall–Kier alpha value is -8.67. The molecular formula is C68H52N4O. The summed E-state index contributed by atoms with van der Waals surface area (Å²) in [5, 5.41) is 1.13. The number of fused-ring (bicyclic) bond motifs is 4. The molecule has 4 bridgehead atoms. The molecule has 18 rings (SSSR count). The van der Waals surface area contributed by atoms with Gasteiger partial charge in [-0.3, -0.25) is 4.57 Å². The third-order valence-corrected chi connectivity index (χ3v) is 16.6. The molecule has 9 aromatic carbocycles. The fourth-order valence-corrected chi connectivity index (χ4v) is 13.8. The highest BCUT2D eigenvalue weighted by atomic mass is 16.5. The van der Waals surface area contributed by atoms with Crippen molar-refractivity contribution >= 4 is 38.9 Å². The highest BCUT2D eigenvalue weighted by Crippen LogP contribution is 2.71. The van der Waals surface area contributed by atoms with Gasteiger partial charge in [0.25, 0.3) is 0 Å². The van der Waals surface area contributed by atoms with Crippen molar-refractivity contribution in [2.75, 3.05) is 16.5 Å². The maximum absolute atomic E-state index is 9.17. The fraction of sp³-hybridized carbons (Fsp3) is 0.132. The molecule has 5 heteroatoms. The number of nitrogens with zero attached hydrogens (tertiary/aromatic N) is 4. The third kappa shape index (κ3) is 5.71. The Labute approximate surface area is 431 Å². The van der Waals surface area contributed by atoms with Crippen LogP contribution in [0.1, 0.15) is 93.7 Å². The molecular weight excluding hydrogens is 889 g/mol. The van der Waals surface area contributed by atoms with E-state index >= 15 is 0 Å². The summed E-state index contributed by atoms with van der Waals surface area (Å²) in [4.78, 5) is 9.95. The first-order valence-electron chi connectivity index (χ1n) is 27.4. The van der Waals surface area contributed by atoms with Gasteiger partial charge in [0.2, 0.25) is 0 Å². The van der Waals surface area contributed by atoms with Gasteiger partial charge in [-0.15, -0.1) is 0 Å². The van der Waals surface area contributed by atoms with Gasteiger partial charge in [0.1, 0.15) is 22.9 Å². The van der Waals surface area contributed by atoms with E-state index < -0.39 is 11.0 Å². The van der Waals surface area contributed by atoms with Crippen LogP contribution in [-0.4, -0.2) is 16.2 Å². The number of aromatic nitrogens is 2. The number of hydrogen-bond donors (Lipinski definition) is 0. The summed E-state index contributed by atoms with van der Waals surface area (Å²) in [6.45, 7) is 6.98. The van der Waals surface area contributed by atoms with Crippen LogP contribution in [0, 0.1) is 0 Å². The number of ether oxygens (including phenoxy) is 1.